The van der Waals surface area contributed by atoms with Crippen molar-refractivity contribution in [2.75, 3.05) is 19.3 Å². The van der Waals surface area contributed by atoms with Crippen molar-refractivity contribution in [1.82, 2.24) is 10.6 Å². The summed E-state index contributed by atoms with van der Waals surface area (Å²) in [5.41, 5.74) is 0.0361. The van der Waals surface area contributed by atoms with Crippen molar-refractivity contribution in [3.05, 3.63) is 30.3 Å². The normalized spacial score (nSPS) is 12.3. The van der Waals surface area contributed by atoms with Crippen LogP contribution in [-0.2, 0) is 0 Å². The summed E-state index contributed by atoms with van der Waals surface area (Å²) in [6.45, 7) is 7.27. The van der Waals surface area contributed by atoms with Gasteiger partial charge in [-0.25, -0.2) is 0 Å². The predicted octanol–water partition coefficient (Wildman–Crippen LogP) is 2.74. The summed E-state index contributed by atoms with van der Waals surface area (Å²) in [5, 5.41) is 6.65. The fraction of sp³-hybridized carbons (Fsp3) is 0.500. The molecule has 0 saturated heterocycles. The second-order valence-corrected chi connectivity index (χ2v) is 6.20. The van der Waals surface area contributed by atoms with Gasteiger partial charge in [0.2, 0.25) is 0 Å². The molecule has 0 saturated carbocycles. The van der Waals surface area contributed by atoms with E-state index in [4.69, 9.17) is 0 Å². The largest absolute Gasteiger partial charge is 0.356 e. The van der Waals surface area contributed by atoms with Gasteiger partial charge in [0.15, 0.2) is 5.96 Å². The molecule has 0 spiro atoms. The lowest BCUT2D eigenvalue weighted by Gasteiger charge is -2.23. The monoisotopic (exact) mass is 265 g/mol. The second-order valence-electron chi connectivity index (χ2n) is 5.04. The third kappa shape index (κ3) is 6.55. The van der Waals surface area contributed by atoms with Gasteiger partial charge in [0, 0.05) is 29.8 Å². The van der Waals surface area contributed by atoms with E-state index in [1.165, 1.54) is 4.90 Å². The molecule has 0 aromatic heterocycles. The van der Waals surface area contributed by atoms with E-state index in [0.717, 1.165) is 18.3 Å². The van der Waals surface area contributed by atoms with Crippen LogP contribution in [0.3, 0.4) is 0 Å². The van der Waals surface area contributed by atoms with E-state index in [-0.39, 0.29) is 5.54 Å². The Morgan fingerprint density at radius 2 is 1.89 bits per heavy atom. The van der Waals surface area contributed by atoms with Crippen LogP contribution in [0.1, 0.15) is 20.8 Å². The average molecular weight is 265 g/mol. The lowest BCUT2D eigenvalue weighted by molar-refractivity contribution is 0.502. The van der Waals surface area contributed by atoms with Crippen molar-refractivity contribution in [3.8, 4) is 0 Å². The van der Waals surface area contributed by atoms with Gasteiger partial charge in [-0.05, 0) is 32.9 Å². The molecular weight excluding hydrogens is 242 g/mol. The fourth-order valence-electron chi connectivity index (χ4n) is 1.39. The van der Waals surface area contributed by atoms with Crippen LogP contribution in [0.4, 0.5) is 0 Å². The Kier molecular flexibility index (Phi) is 6.05. The fourth-order valence-corrected chi connectivity index (χ4v) is 2.18. The zero-order valence-corrected chi connectivity index (χ0v) is 12.5. The third-order valence-corrected chi connectivity index (χ3v) is 3.14. The number of nitrogens with one attached hydrogen (secondary N) is 2. The zero-order valence-electron chi connectivity index (χ0n) is 11.7. The van der Waals surface area contributed by atoms with Crippen LogP contribution in [0.25, 0.3) is 0 Å². The summed E-state index contributed by atoms with van der Waals surface area (Å²) in [5.74, 6) is 1.88. The first-order chi connectivity index (χ1) is 8.51. The molecule has 0 bridgehead atoms. The quantitative estimate of drug-likeness (QED) is 0.380. The van der Waals surface area contributed by atoms with Gasteiger partial charge in [0.05, 0.1) is 0 Å². The first kappa shape index (κ1) is 14.9. The highest BCUT2D eigenvalue weighted by Gasteiger charge is 2.10. The van der Waals surface area contributed by atoms with E-state index >= 15 is 0 Å². The molecule has 0 radical (unpaired) electrons. The maximum atomic E-state index is 4.20. The smallest absolute Gasteiger partial charge is 0.191 e. The summed E-state index contributed by atoms with van der Waals surface area (Å²) in [6.07, 6.45) is 0. The summed E-state index contributed by atoms with van der Waals surface area (Å²) in [6, 6.07) is 10.4. The SMILES string of the molecule is CN=C(NCCSc1ccccc1)NC(C)(C)C. The van der Waals surface area contributed by atoms with Crippen LogP contribution in [0.2, 0.25) is 0 Å². The summed E-state index contributed by atoms with van der Waals surface area (Å²) < 4.78 is 0. The second kappa shape index (κ2) is 7.31. The minimum atomic E-state index is 0.0361. The number of hydrogen-bond acceptors (Lipinski definition) is 2. The van der Waals surface area contributed by atoms with Crippen LogP contribution in [0, 0.1) is 0 Å². The summed E-state index contributed by atoms with van der Waals surface area (Å²) in [4.78, 5) is 5.51. The number of nitrogens with zero attached hydrogens (tertiary/aromatic N) is 1. The van der Waals surface area contributed by atoms with E-state index in [9.17, 15) is 0 Å². The van der Waals surface area contributed by atoms with Crippen LogP contribution in [-0.4, -0.2) is 30.8 Å². The highest BCUT2D eigenvalue weighted by atomic mass is 32.2. The van der Waals surface area contributed by atoms with Gasteiger partial charge in [-0.15, -0.1) is 11.8 Å². The molecular formula is C14H23N3S. The van der Waals surface area contributed by atoms with E-state index in [0.29, 0.717) is 0 Å². The first-order valence-electron chi connectivity index (χ1n) is 6.18. The Hall–Kier alpha value is -1.16. The first-order valence-corrected chi connectivity index (χ1v) is 7.16. The topological polar surface area (TPSA) is 36.4 Å². The minimum Gasteiger partial charge on any atom is -0.356 e. The van der Waals surface area contributed by atoms with E-state index in [2.05, 4.69) is 60.7 Å². The Morgan fingerprint density at radius 1 is 1.22 bits per heavy atom. The molecule has 0 aliphatic rings. The van der Waals surface area contributed by atoms with Crippen molar-refractivity contribution in [2.45, 2.75) is 31.2 Å². The number of rotatable bonds is 4. The molecule has 18 heavy (non-hydrogen) atoms. The zero-order chi connectivity index (χ0) is 13.4. The highest BCUT2D eigenvalue weighted by molar-refractivity contribution is 7.99. The number of thioether (sulfide) groups is 1. The lowest BCUT2D eigenvalue weighted by Crippen LogP contribution is -2.48. The van der Waals surface area contributed by atoms with Crippen molar-refractivity contribution in [3.63, 3.8) is 0 Å². The average Bonchev–Trinajstić information content (AvgIpc) is 2.33. The molecule has 0 aliphatic heterocycles. The minimum absolute atomic E-state index is 0.0361. The molecule has 1 rings (SSSR count). The molecule has 100 valence electrons. The molecule has 0 atom stereocenters. The van der Waals surface area contributed by atoms with Gasteiger partial charge in [-0.2, -0.15) is 0 Å². The van der Waals surface area contributed by atoms with Gasteiger partial charge in [-0.1, -0.05) is 18.2 Å². The molecule has 0 amide bonds. The number of aliphatic imine (C=N–C) groups is 1. The number of benzene rings is 1. The van der Waals surface area contributed by atoms with Gasteiger partial charge in [0.25, 0.3) is 0 Å². The van der Waals surface area contributed by atoms with Gasteiger partial charge >= 0.3 is 0 Å². The number of guanidine groups is 1. The Bertz CT molecular complexity index is 368. The Labute approximate surface area is 114 Å². The molecule has 1 aromatic rings. The van der Waals surface area contributed by atoms with Crippen molar-refractivity contribution < 1.29 is 0 Å². The molecule has 0 unspecified atom stereocenters. The molecule has 1 aromatic carbocycles. The Morgan fingerprint density at radius 3 is 2.44 bits per heavy atom. The third-order valence-electron chi connectivity index (χ3n) is 2.12. The van der Waals surface area contributed by atoms with Crippen LogP contribution >= 0.6 is 11.8 Å². The molecule has 0 fully saturated rings. The van der Waals surface area contributed by atoms with E-state index in [1.807, 2.05) is 17.8 Å². The van der Waals surface area contributed by atoms with Crippen LogP contribution < -0.4 is 10.6 Å². The van der Waals surface area contributed by atoms with Crippen molar-refractivity contribution in [1.29, 1.82) is 0 Å². The Balaban J connectivity index is 2.25. The standard InChI is InChI=1S/C14H23N3S/c1-14(2,3)17-13(15-4)16-10-11-18-12-8-6-5-7-9-12/h5-9H,10-11H2,1-4H3,(H2,15,16,17). The van der Waals surface area contributed by atoms with Crippen LogP contribution in [0.5, 0.6) is 0 Å². The maximum Gasteiger partial charge on any atom is 0.191 e. The molecule has 0 heterocycles. The molecule has 0 aliphatic carbocycles. The summed E-state index contributed by atoms with van der Waals surface area (Å²) >= 11 is 1.85. The van der Waals surface area contributed by atoms with Crippen LogP contribution in [0.15, 0.2) is 40.2 Å². The van der Waals surface area contributed by atoms with E-state index in [1.54, 1.807) is 7.05 Å². The summed E-state index contributed by atoms with van der Waals surface area (Å²) in [7, 11) is 1.80. The van der Waals surface area contributed by atoms with Gasteiger partial charge < -0.3 is 10.6 Å². The van der Waals surface area contributed by atoms with Gasteiger partial charge in [-0.3, -0.25) is 4.99 Å². The maximum absolute atomic E-state index is 4.20. The van der Waals surface area contributed by atoms with E-state index < -0.39 is 0 Å². The molecule has 2 N–H and O–H groups in total. The van der Waals surface area contributed by atoms with Gasteiger partial charge in [0.1, 0.15) is 0 Å². The highest BCUT2D eigenvalue weighted by Crippen LogP contribution is 2.15. The molecule has 4 heteroatoms. The lowest BCUT2D eigenvalue weighted by atomic mass is 10.1. The number of hydrogen-bond donors (Lipinski definition) is 2. The predicted molar refractivity (Wildman–Crippen MR) is 81.4 cm³/mol. The van der Waals surface area contributed by atoms with Crippen molar-refractivity contribution >= 4 is 17.7 Å². The molecule has 3 nitrogen and oxygen atoms in total. The van der Waals surface area contributed by atoms with Crippen molar-refractivity contribution in [2.24, 2.45) is 4.99 Å².